The van der Waals surface area contributed by atoms with Gasteiger partial charge in [0, 0.05) is 42.9 Å². The Hall–Kier alpha value is -4.94. The van der Waals surface area contributed by atoms with Crippen molar-refractivity contribution < 1.29 is 43.0 Å². The summed E-state index contributed by atoms with van der Waals surface area (Å²) in [6.07, 6.45) is 3.48. The van der Waals surface area contributed by atoms with Crippen LogP contribution < -0.4 is 16.4 Å². The van der Waals surface area contributed by atoms with Gasteiger partial charge in [0.05, 0.1) is 11.4 Å². The minimum atomic E-state index is -1.04. The van der Waals surface area contributed by atoms with Gasteiger partial charge in [0.2, 0.25) is 11.6 Å². The Morgan fingerprint density at radius 2 is 1.68 bits per heavy atom. The first kappa shape index (κ1) is 36.5. The molecule has 1 aliphatic carbocycles. The van der Waals surface area contributed by atoms with Gasteiger partial charge in [0.15, 0.2) is 11.9 Å². The molecule has 4 N–H and O–H groups in total. The minimum Gasteiger partial charge on any atom is -0.439 e. The number of carbonyl (C=O) groups is 6. The minimum absolute atomic E-state index is 0.00973. The number of amides is 3. The van der Waals surface area contributed by atoms with Crippen molar-refractivity contribution in [2.24, 2.45) is 17.6 Å². The number of Topliss-reactive ketones (excluding diaryl/α,β-unsaturated/α-hetero) is 2. The Morgan fingerprint density at radius 3 is 2.30 bits per heavy atom. The van der Waals surface area contributed by atoms with Crippen LogP contribution in [0, 0.1) is 11.8 Å². The quantitative estimate of drug-likeness (QED) is 0.319. The lowest BCUT2D eigenvalue weighted by molar-refractivity contribution is -0.132. The van der Waals surface area contributed by atoms with E-state index >= 15 is 0 Å². The summed E-state index contributed by atoms with van der Waals surface area (Å²) in [6.45, 7) is 6.63. The SMILES string of the molecule is CO[C@H]1C[C@H](C)CC2=C(NC(=O)c3ccccc3)C(=O)C=C(NC(=O)/C(C)=C/C=C\[C@H](OC)[C@H](OC(N)=O)/C(C)=C/[C@H](C)C1=O)C2=O. The Kier molecular flexibility index (Phi) is 12.9. The molecule has 2 aliphatic rings. The van der Waals surface area contributed by atoms with Crippen LogP contribution in [0.2, 0.25) is 0 Å². The maximum Gasteiger partial charge on any atom is 0.405 e. The summed E-state index contributed by atoms with van der Waals surface area (Å²) in [5.74, 6) is -3.92. The Balaban J connectivity index is 2.10. The molecule has 47 heavy (non-hydrogen) atoms. The number of methoxy groups -OCH3 is 2. The molecule has 0 aromatic heterocycles. The lowest BCUT2D eigenvalue weighted by Crippen LogP contribution is -2.38. The van der Waals surface area contributed by atoms with Crippen molar-refractivity contribution in [2.45, 2.75) is 58.8 Å². The van der Waals surface area contributed by atoms with Gasteiger partial charge in [-0.15, -0.1) is 0 Å². The van der Waals surface area contributed by atoms with Gasteiger partial charge < -0.3 is 30.6 Å². The summed E-state index contributed by atoms with van der Waals surface area (Å²) in [4.78, 5) is 78.6. The van der Waals surface area contributed by atoms with Crippen molar-refractivity contribution in [3.63, 3.8) is 0 Å². The number of benzene rings is 1. The molecule has 12 heteroatoms. The third-order valence-electron chi connectivity index (χ3n) is 7.87. The summed E-state index contributed by atoms with van der Waals surface area (Å²) >= 11 is 0. The largest absolute Gasteiger partial charge is 0.439 e. The lowest BCUT2D eigenvalue weighted by Gasteiger charge is -2.26. The van der Waals surface area contributed by atoms with Crippen LogP contribution >= 0.6 is 0 Å². The second-order valence-corrected chi connectivity index (χ2v) is 11.5. The van der Waals surface area contributed by atoms with E-state index in [2.05, 4.69) is 10.6 Å². The van der Waals surface area contributed by atoms with Gasteiger partial charge in [-0.3, -0.25) is 24.0 Å². The van der Waals surface area contributed by atoms with Gasteiger partial charge in [0.25, 0.3) is 11.8 Å². The number of hydrogen-bond acceptors (Lipinski definition) is 9. The number of carbonyl (C=O) groups excluding carboxylic acids is 6. The van der Waals surface area contributed by atoms with Gasteiger partial charge in [0.1, 0.15) is 12.2 Å². The molecule has 0 spiro atoms. The van der Waals surface area contributed by atoms with Crippen molar-refractivity contribution >= 4 is 35.3 Å². The van der Waals surface area contributed by atoms with Crippen molar-refractivity contribution in [1.82, 2.24) is 10.6 Å². The Labute approximate surface area is 273 Å². The van der Waals surface area contributed by atoms with E-state index in [0.717, 1.165) is 6.08 Å². The first-order valence-corrected chi connectivity index (χ1v) is 15.1. The van der Waals surface area contributed by atoms with E-state index in [1.807, 2.05) is 0 Å². The number of nitrogens with one attached hydrogen (secondary N) is 2. The number of fused-ring (bicyclic) bond motifs is 2. The molecule has 1 aromatic rings. The van der Waals surface area contributed by atoms with E-state index in [0.29, 0.717) is 5.57 Å². The molecule has 5 atom stereocenters. The van der Waals surface area contributed by atoms with Gasteiger partial charge in [-0.2, -0.15) is 0 Å². The number of ketones is 3. The van der Waals surface area contributed by atoms with E-state index in [4.69, 9.17) is 19.9 Å². The highest BCUT2D eigenvalue weighted by molar-refractivity contribution is 6.24. The molecule has 250 valence electrons. The number of allylic oxidation sites excluding steroid dienone is 5. The fourth-order valence-corrected chi connectivity index (χ4v) is 5.34. The fraction of sp³-hybridized carbons (Fsp3) is 0.371. The number of hydrogen-bond donors (Lipinski definition) is 3. The van der Waals surface area contributed by atoms with Crippen molar-refractivity contribution in [3.05, 3.63) is 94.4 Å². The van der Waals surface area contributed by atoms with Crippen LogP contribution in [0.5, 0.6) is 0 Å². The predicted octanol–water partition coefficient (Wildman–Crippen LogP) is 3.40. The average Bonchev–Trinajstić information content (AvgIpc) is 3.04. The van der Waals surface area contributed by atoms with Gasteiger partial charge in [-0.1, -0.05) is 56.4 Å². The molecule has 2 bridgehead atoms. The molecule has 0 saturated carbocycles. The standard InChI is InChI=1S/C35H41N3O9/c1-19-15-24-29(38-34(43)23-12-8-7-9-13-23)26(39)18-25(31(24)41)37-33(42)20(2)11-10-14-27(45-5)32(47-35(36)44)22(4)17-21(3)30(40)28(16-19)46-6/h7-14,17-19,21,27-28,32H,15-16H2,1-6H3,(H2,36,44)(H,37,42)(H,38,43)/b14-10-,20-11+,22-17+/t19-,21+,27+,28+,32-/m1/s1. The molecule has 1 aliphatic heterocycles. The number of primary amides is 1. The summed E-state index contributed by atoms with van der Waals surface area (Å²) in [5, 5.41) is 5.10. The van der Waals surface area contributed by atoms with Crippen molar-refractivity contribution in [2.75, 3.05) is 14.2 Å². The molecule has 3 rings (SSSR count). The first-order chi connectivity index (χ1) is 22.3. The van der Waals surface area contributed by atoms with Gasteiger partial charge in [-0.05, 0) is 50.3 Å². The third kappa shape index (κ3) is 9.53. The monoisotopic (exact) mass is 647 g/mol. The maximum absolute atomic E-state index is 13.8. The molecule has 3 amide bonds. The maximum atomic E-state index is 13.8. The van der Waals surface area contributed by atoms with Crippen LogP contribution in [0.15, 0.2) is 88.8 Å². The second-order valence-electron chi connectivity index (χ2n) is 11.5. The van der Waals surface area contributed by atoms with Crippen molar-refractivity contribution in [3.8, 4) is 0 Å². The molecule has 0 radical (unpaired) electrons. The smallest absolute Gasteiger partial charge is 0.405 e. The number of ether oxygens (including phenoxy) is 3. The van der Waals surface area contributed by atoms with Crippen LogP contribution in [-0.4, -0.2) is 67.8 Å². The molecular formula is C35H41N3O9. The third-order valence-corrected chi connectivity index (χ3v) is 7.87. The fourth-order valence-electron chi connectivity index (χ4n) is 5.34. The van der Waals surface area contributed by atoms with E-state index < -0.39 is 59.6 Å². The van der Waals surface area contributed by atoms with Crippen LogP contribution in [0.25, 0.3) is 0 Å². The molecule has 0 unspecified atom stereocenters. The topological polar surface area (TPSA) is 180 Å². The highest BCUT2D eigenvalue weighted by atomic mass is 16.6. The van der Waals surface area contributed by atoms with Crippen LogP contribution in [0.3, 0.4) is 0 Å². The summed E-state index contributed by atoms with van der Waals surface area (Å²) < 4.78 is 16.4. The van der Waals surface area contributed by atoms with Crippen LogP contribution in [-0.2, 0) is 33.4 Å². The molecule has 0 saturated heterocycles. The number of nitrogens with two attached hydrogens (primary N) is 1. The summed E-state index contributed by atoms with van der Waals surface area (Å²) in [6, 6.07) is 8.21. The zero-order valence-corrected chi connectivity index (χ0v) is 27.3. The number of rotatable bonds is 5. The van der Waals surface area contributed by atoms with Gasteiger partial charge >= 0.3 is 6.09 Å². The average molecular weight is 648 g/mol. The van der Waals surface area contributed by atoms with E-state index in [-0.39, 0.29) is 46.7 Å². The lowest BCUT2D eigenvalue weighted by atomic mass is 9.85. The molecule has 1 aromatic carbocycles. The van der Waals surface area contributed by atoms with Crippen molar-refractivity contribution in [1.29, 1.82) is 0 Å². The molecular weight excluding hydrogens is 606 g/mol. The first-order valence-electron chi connectivity index (χ1n) is 15.1. The predicted molar refractivity (Wildman–Crippen MR) is 172 cm³/mol. The molecule has 1 heterocycles. The zero-order chi connectivity index (χ0) is 34.8. The highest BCUT2D eigenvalue weighted by Gasteiger charge is 2.34. The second kappa shape index (κ2) is 16.6. The van der Waals surface area contributed by atoms with Gasteiger partial charge in [-0.25, -0.2) is 4.79 Å². The van der Waals surface area contributed by atoms with Crippen LogP contribution in [0.1, 0.15) is 50.9 Å². The Morgan fingerprint density at radius 1 is 1.00 bits per heavy atom. The summed E-state index contributed by atoms with van der Waals surface area (Å²) in [7, 11) is 2.79. The van der Waals surface area contributed by atoms with E-state index in [1.54, 1.807) is 63.3 Å². The zero-order valence-electron chi connectivity index (χ0n) is 27.3. The molecule has 0 fully saturated rings. The molecule has 12 nitrogen and oxygen atoms in total. The summed E-state index contributed by atoms with van der Waals surface area (Å²) in [5.41, 5.74) is 5.82. The highest BCUT2D eigenvalue weighted by Crippen LogP contribution is 2.28. The van der Waals surface area contributed by atoms with Crippen LogP contribution in [0.4, 0.5) is 4.79 Å². The normalized spacial score (nSPS) is 27.9. The Bertz CT molecular complexity index is 1570. The van der Waals surface area contributed by atoms with E-state index in [9.17, 15) is 28.8 Å². The van der Waals surface area contributed by atoms with E-state index in [1.165, 1.54) is 33.3 Å².